The lowest BCUT2D eigenvalue weighted by molar-refractivity contribution is -0.115. The molecule has 0 radical (unpaired) electrons. The minimum absolute atomic E-state index is 0.142. The molecule has 2 amide bonds. The molecule has 0 fully saturated rings. The Kier molecular flexibility index (Phi) is 8.00. The zero-order chi connectivity index (χ0) is 19.8. The van der Waals surface area contributed by atoms with E-state index in [2.05, 4.69) is 17.6 Å². The summed E-state index contributed by atoms with van der Waals surface area (Å²) >= 11 is 7.33. The fourth-order valence-corrected chi connectivity index (χ4v) is 3.23. The topological polar surface area (TPSA) is 67.4 Å². The van der Waals surface area contributed by atoms with Crippen LogP contribution in [-0.4, -0.2) is 29.9 Å². The van der Waals surface area contributed by atoms with Gasteiger partial charge >= 0.3 is 0 Å². The molecule has 2 aromatic rings. The molecule has 144 valence electrons. The minimum Gasteiger partial charge on any atom is -0.495 e. The van der Waals surface area contributed by atoms with Crippen molar-refractivity contribution in [3.05, 3.63) is 53.1 Å². The van der Waals surface area contributed by atoms with Gasteiger partial charge in [0.25, 0.3) is 0 Å². The van der Waals surface area contributed by atoms with Gasteiger partial charge in [-0.05, 0) is 49.2 Å². The summed E-state index contributed by atoms with van der Waals surface area (Å²) in [5.41, 5.74) is 2.55. The Morgan fingerprint density at radius 1 is 1.11 bits per heavy atom. The van der Waals surface area contributed by atoms with E-state index in [1.807, 2.05) is 24.3 Å². The Morgan fingerprint density at radius 3 is 2.37 bits per heavy atom. The van der Waals surface area contributed by atoms with Gasteiger partial charge in [-0.3, -0.25) is 9.59 Å². The Hall–Kier alpha value is -2.18. The molecule has 0 saturated heterocycles. The third kappa shape index (κ3) is 6.48. The molecule has 0 bridgehead atoms. The van der Waals surface area contributed by atoms with Crippen LogP contribution < -0.4 is 15.4 Å². The maximum absolute atomic E-state index is 12.3. The number of nitrogens with one attached hydrogen (secondary N) is 2. The minimum atomic E-state index is -0.390. The van der Waals surface area contributed by atoms with Crippen LogP contribution in [0, 0.1) is 0 Å². The second-order valence-corrected chi connectivity index (χ2v) is 7.63. The van der Waals surface area contributed by atoms with E-state index in [9.17, 15) is 9.59 Å². The molecule has 2 rings (SSSR count). The van der Waals surface area contributed by atoms with E-state index in [1.165, 1.54) is 24.4 Å². The average Bonchev–Trinajstić information content (AvgIpc) is 2.66. The molecule has 7 heteroatoms. The number of amides is 2. The molecule has 1 atom stereocenters. The molecule has 0 spiro atoms. The van der Waals surface area contributed by atoms with E-state index < -0.39 is 0 Å². The van der Waals surface area contributed by atoms with Crippen LogP contribution in [0.15, 0.2) is 42.5 Å². The van der Waals surface area contributed by atoms with Crippen molar-refractivity contribution in [2.24, 2.45) is 0 Å². The number of halogens is 1. The summed E-state index contributed by atoms with van der Waals surface area (Å²) in [6, 6.07) is 12.8. The van der Waals surface area contributed by atoms with Crippen LogP contribution in [0.2, 0.25) is 5.02 Å². The average molecular weight is 407 g/mol. The monoisotopic (exact) mass is 406 g/mol. The zero-order valence-electron chi connectivity index (χ0n) is 15.5. The maximum Gasteiger partial charge on any atom is 0.237 e. The van der Waals surface area contributed by atoms with Gasteiger partial charge < -0.3 is 15.4 Å². The van der Waals surface area contributed by atoms with Crippen LogP contribution in [0.4, 0.5) is 11.4 Å². The van der Waals surface area contributed by atoms with Crippen LogP contribution in [0.5, 0.6) is 5.75 Å². The van der Waals surface area contributed by atoms with Crippen molar-refractivity contribution in [1.29, 1.82) is 0 Å². The van der Waals surface area contributed by atoms with Gasteiger partial charge in [0, 0.05) is 11.4 Å². The normalized spacial score (nSPS) is 11.6. The van der Waals surface area contributed by atoms with Gasteiger partial charge in [0.05, 0.1) is 23.1 Å². The second kappa shape index (κ2) is 10.2. The van der Waals surface area contributed by atoms with Gasteiger partial charge in [0.2, 0.25) is 11.8 Å². The second-order valence-electron chi connectivity index (χ2n) is 5.89. The number of hydrogen-bond donors (Lipinski definition) is 2. The van der Waals surface area contributed by atoms with E-state index in [-0.39, 0.29) is 22.8 Å². The summed E-state index contributed by atoms with van der Waals surface area (Å²) < 4.78 is 5.09. The van der Waals surface area contributed by atoms with E-state index in [4.69, 9.17) is 16.3 Å². The third-order valence-corrected chi connectivity index (χ3v) is 5.34. The molecular weight excluding hydrogens is 384 g/mol. The Bertz CT molecular complexity index is 796. The predicted molar refractivity (Wildman–Crippen MR) is 113 cm³/mol. The molecule has 2 N–H and O–H groups in total. The molecule has 27 heavy (non-hydrogen) atoms. The van der Waals surface area contributed by atoms with Crippen molar-refractivity contribution in [3.63, 3.8) is 0 Å². The number of aryl methyl sites for hydroxylation is 1. The first-order chi connectivity index (χ1) is 12.9. The summed E-state index contributed by atoms with van der Waals surface area (Å²) in [4.78, 5) is 24.4. The van der Waals surface area contributed by atoms with Gasteiger partial charge in [-0.15, -0.1) is 11.8 Å². The fraction of sp³-hybridized carbons (Fsp3) is 0.300. The highest BCUT2D eigenvalue weighted by Gasteiger charge is 2.16. The largest absolute Gasteiger partial charge is 0.495 e. The maximum atomic E-state index is 12.3. The van der Waals surface area contributed by atoms with Crippen molar-refractivity contribution < 1.29 is 14.3 Å². The SMILES string of the molecule is CCc1ccc(NC(=O)CS[C@@H](C)C(=O)Nc2ccc(OC)c(Cl)c2)cc1. The zero-order valence-corrected chi connectivity index (χ0v) is 17.1. The van der Waals surface area contributed by atoms with Crippen LogP contribution in [0.25, 0.3) is 0 Å². The summed E-state index contributed by atoms with van der Waals surface area (Å²) in [7, 11) is 1.53. The van der Waals surface area contributed by atoms with Crippen molar-refractivity contribution in [2.75, 3.05) is 23.5 Å². The third-order valence-electron chi connectivity index (χ3n) is 3.90. The van der Waals surface area contributed by atoms with Gasteiger partial charge in [-0.25, -0.2) is 0 Å². The highest BCUT2D eigenvalue weighted by Crippen LogP contribution is 2.27. The summed E-state index contributed by atoms with van der Waals surface area (Å²) in [6.07, 6.45) is 0.954. The molecule has 2 aromatic carbocycles. The smallest absolute Gasteiger partial charge is 0.237 e. The molecule has 0 saturated carbocycles. The van der Waals surface area contributed by atoms with Crippen molar-refractivity contribution in [3.8, 4) is 5.75 Å². The fourth-order valence-electron chi connectivity index (χ4n) is 2.29. The highest BCUT2D eigenvalue weighted by atomic mass is 35.5. The Labute approximate surface area is 168 Å². The Morgan fingerprint density at radius 2 is 1.78 bits per heavy atom. The summed E-state index contributed by atoms with van der Waals surface area (Å²) in [5, 5.41) is 5.65. The van der Waals surface area contributed by atoms with Crippen LogP contribution in [0.1, 0.15) is 19.4 Å². The predicted octanol–water partition coefficient (Wildman–Crippen LogP) is 4.61. The van der Waals surface area contributed by atoms with Gasteiger partial charge in [-0.1, -0.05) is 30.7 Å². The molecule has 0 aliphatic rings. The summed E-state index contributed by atoms with van der Waals surface area (Å²) in [5.74, 6) is 0.395. The first-order valence-electron chi connectivity index (χ1n) is 8.57. The van der Waals surface area contributed by atoms with Gasteiger partial charge in [-0.2, -0.15) is 0 Å². The van der Waals surface area contributed by atoms with Gasteiger partial charge in [0.1, 0.15) is 5.75 Å². The lowest BCUT2D eigenvalue weighted by Crippen LogP contribution is -2.25. The first-order valence-corrected chi connectivity index (χ1v) is 10.0. The molecule has 0 aromatic heterocycles. The number of rotatable bonds is 8. The number of ether oxygens (including phenoxy) is 1. The molecule has 0 aliphatic carbocycles. The number of hydrogen-bond acceptors (Lipinski definition) is 4. The number of anilines is 2. The lowest BCUT2D eigenvalue weighted by atomic mass is 10.1. The van der Waals surface area contributed by atoms with E-state index >= 15 is 0 Å². The number of methoxy groups -OCH3 is 1. The standard InChI is InChI=1S/C20H23ClN2O3S/c1-4-14-5-7-15(8-6-14)22-19(24)12-27-13(2)20(25)23-16-9-10-18(26-3)17(21)11-16/h5-11,13H,4,12H2,1-3H3,(H,22,24)(H,23,25)/t13-/m0/s1. The molecule has 0 aliphatic heterocycles. The van der Waals surface area contributed by atoms with Crippen molar-refractivity contribution in [1.82, 2.24) is 0 Å². The number of thioether (sulfide) groups is 1. The molecule has 0 unspecified atom stereocenters. The van der Waals surface area contributed by atoms with Crippen molar-refractivity contribution in [2.45, 2.75) is 25.5 Å². The lowest BCUT2D eigenvalue weighted by Gasteiger charge is -2.13. The Balaban J connectivity index is 1.81. The van der Waals surface area contributed by atoms with Crippen LogP contribution >= 0.6 is 23.4 Å². The van der Waals surface area contributed by atoms with Crippen LogP contribution in [0.3, 0.4) is 0 Å². The molecule has 5 nitrogen and oxygen atoms in total. The highest BCUT2D eigenvalue weighted by molar-refractivity contribution is 8.01. The van der Waals surface area contributed by atoms with Crippen LogP contribution in [-0.2, 0) is 16.0 Å². The molecular formula is C20H23ClN2O3S. The molecule has 0 heterocycles. The first kappa shape index (κ1) is 21.1. The van der Waals surface area contributed by atoms with E-state index in [0.29, 0.717) is 16.5 Å². The van der Waals surface area contributed by atoms with E-state index in [1.54, 1.807) is 25.1 Å². The van der Waals surface area contributed by atoms with Crippen molar-refractivity contribution >= 4 is 46.6 Å². The number of benzene rings is 2. The number of carbonyl (C=O) groups is 2. The van der Waals surface area contributed by atoms with Gasteiger partial charge in [0.15, 0.2) is 0 Å². The number of carbonyl (C=O) groups excluding carboxylic acids is 2. The van der Waals surface area contributed by atoms with E-state index in [0.717, 1.165) is 12.1 Å². The quantitative estimate of drug-likeness (QED) is 0.671. The summed E-state index contributed by atoms with van der Waals surface area (Å²) in [6.45, 7) is 3.84.